The van der Waals surface area contributed by atoms with Gasteiger partial charge in [-0.2, -0.15) is 0 Å². The van der Waals surface area contributed by atoms with Gasteiger partial charge in [0.1, 0.15) is 17.2 Å². The third kappa shape index (κ3) is 5.92. The van der Waals surface area contributed by atoms with Gasteiger partial charge in [0.05, 0.1) is 24.4 Å². The normalized spacial score (nSPS) is 19.5. The fourth-order valence-corrected chi connectivity index (χ4v) is 6.00. The quantitative estimate of drug-likeness (QED) is 0.565. The molecule has 1 saturated heterocycles. The number of aromatic hydroxyl groups is 1. The molecule has 1 aliphatic heterocycles. The van der Waals surface area contributed by atoms with E-state index in [1.165, 1.54) is 20.3 Å². The molecule has 0 saturated carbocycles. The highest BCUT2D eigenvalue weighted by Gasteiger charge is 2.31. The van der Waals surface area contributed by atoms with Gasteiger partial charge in [0.15, 0.2) is 9.84 Å². The first-order valence-electron chi connectivity index (χ1n) is 12.0. The van der Waals surface area contributed by atoms with Crippen LogP contribution in [0.2, 0.25) is 0 Å². The van der Waals surface area contributed by atoms with Crippen LogP contribution in [0.5, 0.6) is 17.2 Å². The molecule has 35 heavy (non-hydrogen) atoms. The van der Waals surface area contributed by atoms with E-state index in [1.807, 2.05) is 4.90 Å². The number of hydrogen-bond acceptors (Lipinski definition) is 6. The minimum atomic E-state index is -3.43. The van der Waals surface area contributed by atoms with Crippen molar-refractivity contribution in [1.29, 1.82) is 0 Å². The van der Waals surface area contributed by atoms with E-state index in [-0.39, 0.29) is 23.0 Å². The lowest BCUT2D eigenvalue weighted by Crippen LogP contribution is -2.43. The van der Waals surface area contributed by atoms with Crippen LogP contribution in [0.1, 0.15) is 57.6 Å². The molecule has 1 aliphatic rings. The number of phenols is 1. The van der Waals surface area contributed by atoms with Crippen molar-refractivity contribution in [3.8, 4) is 17.2 Å². The second kappa shape index (κ2) is 10.9. The molecule has 0 radical (unpaired) electrons. The van der Waals surface area contributed by atoms with Crippen LogP contribution in [0.25, 0.3) is 0 Å². The monoisotopic (exact) mass is 503 g/mol. The zero-order valence-electron chi connectivity index (χ0n) is 21.4. The van der Waals surface area contributed by atoms with E-state index in [0.717, 1.165) is 12.0 Å². The van der Waals surface area contributed by atoms with Gasteiger partial charge in [-0.3, -0.25) is 4.79 Å². The van der Waals surface area contributed by atoms with Gasteiger partial charge in [-0.1, -0.05) is 26.0 Å². The van der Waals surface area contributed by atoms with Crippen molar-refractivity contribution in [2.45, 2.75) is 56.6 Å². The summed E-state index contributed by atoms with van der Waals surface area (Å²) >= 11 is 0. The molecule has 1 amide bonds. The first-order valence-corrected chi connectivity index (χ1v) is 13.6. The zero-order valence-corrected chi connectivity index (χ0v) is 22.3. The fraction of sp³-hybridized carbons (Fsp3) is 0.519. The number of carbonyl (C=O) groups is 1. The topological polar surface area (TPSA) is 93.1 Å². The van der Waals surface area contributed by atoms with E-state index >= 15 is 0 Å². The van der Waals surface area contributed by atoms with Crippen LogP contribution < -0.4 is 9.47 Å². The number of benzene rings is 2. The zero-order chi connectivity index (χ0) is 25.9. The Hall–Kier alpha value is -2.74. The summed E-state index contributed by atoms with van der Waals surface area (Å²) in [5.41, 5.74) is 1.19. The molecule has 1 fully saturated rings. The van der Waals surface area contributed by atoms with Gasteiger partial charge in [0.25, 0.3) is 0 Å². The third-order valence-electron chi connectivity index (χ3n) is 6.73. The van der Waals surface area contributed by atoms with Crippen LogP contribution in [-0.4, -0.2) is 56.9 Å². The lowest BCUT2D eigenvalue weighted by atomic mass is 9.85. The van der Waals surface area contributed by atoms with E-state index in [2.05, 4.69) is 13.8 Å². The number of nitrogens with zero attached hydrogens (tertiary/aromatic N) is 1. The smallest absolute Gasteiger partial charge is 0.223 e. The average molecular weight is 504 g/mol. The summed E-state index contributed by atoms with van der Waals surface area (Å²) in [4.78, 5) is 15.6. The highest BCUT2D eigenvalue weighted by Crippen LogP contribution is 2.43. The maximum absolute atomic E-state index is 13.5. The van der Waals surface area contributed by atoms with Crippen molar-refractivity contribution < 1.29 is 27.8 Å². The van der Waals surface area contributed by atoms with Gasteiger partial charge in [0, 0.05) is 43.1 Å². The Balaban J connectivity index is 2.06. The molecule has 8 heteroatoms. The maximum Gasteiger partial charge on any atom is 0.223 e. The Kier molecular flexibility index (Phi) is 8.36. The number of sulfone groups is 1. The Labute approximate surface area is 209 Å². The Morgan fingerprint density at radius 2 is 1.66 bits per heavy atom. The molecule has 0 bridgehead atoms. The van der Waals surface area contributed by atoms with Crippen LogP contribution in [-0.2, 0) is 14.6 Å². The standard InChI is InChI=1S/C27H37NO6S/c1-17(2)35(31,32)22-9-7-20(8-10-22)23(14-26(30)28-15-18(3)11-19(4)16-28)27-24(29)12-21(33-5)13-25(27)34-6/h7-10,12-13,17-19,23,29H,11,14-16H2,1-6H3. The van der Waals surface area contributed by atoms with Crippen LogP contribution in [0.4, 0.5) is 0 Å². The average Bonchev–Trinajstić information content (AvgIpc) is 2.81. The van der Waals surface area contributed by atoms with E-state index in [0.29, 0.717) is 42.0 Å². The number of likely N-dealkylation sites (tertiary alicyclic amines) is 1. The summed E-state index contributed by atoms with van der Waals surface area (Å²) < 4.78 is 36.1. The predicted octanol–water partition coefficient (Wildman–Crippen LogP) is 4.62. The molecule has 0 spiro atoms. The van der Waals surface area contributed by atoms with Crippen molar-refractivity contribution >= 4 is 15.7 Å². The molecule has 1 N–H and O–H groups in total. The molecule has 1 heterocycles. The van der Waals surface area contributed by atoms with Gasteiger partial charge < -0.3 is 19.5 Å². The molecule has 0 aromatic heterocycles. The second-order valence-electron chi connectivity index (χ2n) is 9.93. The molecule has 3 unspecified atom stereocenters. The maximum atomic E-state index is 13.5. The number of amides is 1. The molecular weight excluding hydrogens is 466 g/mol. The lowest BCUT2D eigenvalue weighted by Gasteiger charge is -2.36. The number of methoxy groups -OCH3 is 2. The van der Waals surface area contributed by atoms with Gasteiger partial charge >= 0.3 is 0 Å². The van der Waals surface area contributed by atoms with Crippen molar-refractivity contribution in [2.24, 2.45) is 11.8 Å². The third-order valence-corrected chi connectivity index (χ3v) is 8.90. The van der Waals surface area contributed by atoms with Gasteiger partial charge in [-0.25, -0.2) is 8.42 Å². The van der Waals surface area contributed by atoms with Crippen molar-refractivity contribution in [3.05, 3.63) is 47.5 Å². The molecule has 2 aromatic rings. The van der Waals surface area contributed by atoms with E-state index in [1.54, 1.807) is 44.2 Å². The minimum Gasteiger partial charge on any atom is -0.507 e. The van der Waals surface area contributed by atoms with Crippen molar-refractivity contribution in [3.63, 3.8) is 0 Å². The van der Waals surface area contributed by atoms with Crippen LogP contribution in [0.15, 0.2) is 41.3 Å². The fourth-order valence-electron chi connectivity index (χ4n) is 4.94. The Morgan fingerprint density at radius 3 is 2.17 bits per heavy atom. The van der Waals surface area contributed by atoms with E-state index in [4.69, 9.17) is 9.47 Å². The van der Waals surface area contributed by atoms with Crippen LogP contribution in [0, 0.1) is 11.8 Å². The van der Waals surface area contributed by atoms with Crippen molar-refractivity contribution in [1.82, 2.24) is 4.90 Å². The summed E-state index contributed by atoms with van der Waals surface area (Å²) in [5.74, 6) is 1.09. The largest absolute Gasteiger partial charge is 0.507 e. The summed E-state index contributed by atoms with van der Waals surface area (Å²) in [6.07, 6.45) is 1.21. The molecular formula is C27H37NO6S. The summed E-state index contributed by atoms with van der Waals surface area (Å²) in [5, 5.41) is 10.4. The molecule has 0 aliphatic carbocycles. The number of ether oxygens (including phenoxy) is 2. The highest BCUT2D eigenvalue weighted by atomic mass is 32.2. The predicted molar refractivity (Wildman–Crippen MR) is 136 cm³/mol. The van der Waals surface area contributed by atoms with E-state index in [9.17, 15) is 18.3 Å². The highest BCUT2D eigenvalue weighted by molar-refractivity contribution is 7.92. The second-order valence-corrected chi connectivity index (χ2v) is 12.4. The SMILES string of the molecule is COc1cc(O)c(C(CC(=O)N2CC(C)CC(C)C2)c2ccc(S(=O)(=O)C(C)C)cc2)c(OC)c1. The first-order chi connectivity index (χ1) is 16.5. The minimum absolute atomic E-state index is 0.00968. The number of carbonyl (C=O) groups excluding carboxylic acids is 1. The number of phenolic OH excluding ortho intramolecular Hbond substituents is 1. The van der Waals surface area contributed by atoms with E-state index < -0.39 is 21.0 Å². The summed E-state index contributed by atoms with van der Waals surface area (Å²) in [6.45, 7) is 9.00. The van der Waals surface area contributed by atoms with Crippen LogP contribution in [0.3, 0.4) is 0 Å². The summed E-state index contributed by atoms with van der Waals surface area (Å²) in [6, 6.07) is 9.75. The molecule has 2 aromatic carbocycles. The van der Waals surface area contributed by atoms with Gasteiger partial charge in [-0.05, 0) is 49.8 Å². The Morgan fingerprint density at radius 1 is 1.06 bits per heavy atom. The van der Waals surface area contributed by atoms with Gasteiger partial charge in [0.2, 0.25) is 5.91 Å². The number of rotatable bonds is 8. The molecule has 3 atom stereocenters. The molecule has 7 nitrogen and oxygen atoms in total. The molecule has 192 valence electrons. The van der Waals surface area contributed by atoms with Crippen LogP contribution >= 0.6 is 0 Å². The lowest BCUT2D eigenvalue weighted by molar-refractivity contribution is -0.134. The van der Waals surface area contributed by atoms with Gasteiger partial charge in [-0.15, -0.1) is 0 Å². The first kappa shape index (κ1) is 26.9. The Bertz CT molecular complexity index is 1130. The van der Waals surface area contributed by atoms with Crippen molar-refractivity contribution in [2.75, 3.05) is 27.3 Å². The number of hydrogen-bond donors (Lipinski definition) is 1. The number of piperidine rings is 1. The molecule has 3 rings (SSSR count). The summed E-state index contributed by atoms with van der Waals surface area (Å²) in [7, 11) is -0.428.